The van der Waals surface area contributed by atoms with Gasteiger partial charge in [-0.2, -0.15) is 9.57 Å². The Balaban J connectivity index is 3.49. The maximum atomic E-state index is 12.9. The van der Waals surface area contributed by atoms with Gasteiger partial charge in [0.25, 0.3) is 0 Å². The van der Waals surface area contributed by atoms with Crippen LogP contribution in [0.4, 0.5) is 0 Å². The van der Waals surface area contributed by atoms with E-state index in [2.05, 4.69) is 0 Å². The summed E-state index contributed by atoms with van der Waals surface area (Å²) >= 11 is 0. The van der Waals surface area contributed by atoms with Gasteiger partial charge in [0.2, 0.25) is 10.0 Å². The quantitative estimate of drug-likeness (QED) is 0.863. The molecule has 1 N–H and O–H groups in total. The van der Waals surface area contributed by atoms with Gasteiger partial charge >= 0.3 is 5.97 Å². The molecule has 0 aliphatic heterocycles. The van der Waals surface area contributed by atoms with Gasteiger partial charge in [0.05, 0.1) is 11.0 Å². The van der Waals surface area contributed by atoms with Crippen molar-refractivity contribution in [3.05, 3.63) is 29.3 Å². The minimum atomic E-state index is -4.03. The third-order valence-corrected chi connectivity index (χ3v) is 5.70. The average Bonchev–Trinajstić information content (AvgIpc) is 2.41. The lowest BCUT2D eigenvalue weighted by atomic mass is 10.1. The Kier molecular flexibility index (Phi) is 5.33. The van der Waals surface area contributed by atoms with Crippen LogP contribution in [0.2, 0.25) is 0 Å². The molecule has 1 rings (SSSR count). The molecule has 0 aliphatic carbocycles. The molecule has 120 valence electrons. The number of hydrogen-bond acceptors (Lipinski definition) is 4. The van der Waals surface area contributed by atoms with Crippen molar-refractivity contribution in [1.82, 2.24) is 4.31 Å². The van der Waals surface area contributed by atoms with E-state index < -0.39 is 21.5 Å². The van der Waals surface area contributed by atoms with Crippen LogP contribution in [-0.4, -0.2) is 35.9 Å². The molecule has 0 radical (unpaired) electrons. The van der Waals surface area contributed by atoms with Crippen LogP contribution in [0.15, 0.2) is 23.1 Å². The van der Waals surface area contributed by atoms with Crippen molar-refractivity contribution in [1.29, 1.82) is 5.26 Å². The summed E-state index contributed by atoms with van der Waals surface area (Å²) in [6.45, 7) is 5.87. The van der Waals surface area contributed by atoms with E-state index in [0.29, 0.717) is 5.56 Å². The molecule has 1 aromatic rings. The van der Waals surface area contributed by atoms with Gasteiger partial charge in [0.15, 0.2) is 0 Å². The summed E-state index contributed by atoms with van der Waals surface area (Å²) in [4.78, 5) is 11.5. The molecule has 0 amide bonds. The van der Waals surface area contributed by atoms with E-state index in [1.165, 1.54) is 19.9 Å². The van der Waals surface area contributed by atoms with Crippen molar-refractivity contribution in [2.24, 2.45) is 0 Å². The molecule has 0 heterocycles. The number of carboxylic acids is 1. The zero-order valence-electron chi connectivity index (χ0n) is 13.1. The molecule has 0 saturated carbocycles. The number of rotatable bonds is 6. The molecule has 1 aromatic carbocycles. The van der Waals surface area contributed by atoms with Crippen LogP contribution in [-0.2, 0) is 14.8 Å². The molecular weight excluding hydrogens is 304 g/mol. The number of nitriles is 1. The Bertz CT molecular complexity index is 718. The van der Waals surface area contributed by atoms with Crippen LogP contribution in [0, 0.1) is 25.2 Å². The van der Waals surface area contributed by atoms with Gasteiger partial charge in [-0.3, -0.25) is 4.79 Å². The summed E-state index contributed by atoms with van der Waals surface area (Å²) in [7, 11) is -4.03. The van der Waals surface area contributed by atoms with Crippen molar-refractivity contribution in [2.75, 3.05) is 6.54 Å². The summed E-state index contributed by atoms with van der Waals surface area (Å²) in [5.41, 5.74) is -0.349. The predicted octanol–water partition coefficient (Wildman–Crippen LogP) is 2.07. The molecule has 22 heavy (non-hydrogen) atoms. The number of nitrogens with zero attached hydrogens (tertiary/aromatic N) is 2. The fourth-order valence-electron chi connectivity index (χ4n) is 2.06. The first-order valence-electron chi connectivity index (χ1n) is 6.75. The maximum Gasteiger partial charge on any atom is 0.324 e. The van der Waals surface area contributed by atoms with Crippen LogP contribution in [0.3, 0.4) is 0 Å². The number of aryl methyl sites for hydroxylation is 2. The predicted molar refractivity (Wildman–Crippen MR) is 81.8 cm³/mol. The first-order valence-corrected chi connectivity index (χ1v) is 8.19. The molecule has 0 aliphatic rings. The van der Waals surface area contributed by atoms with Gasteiger partial charge < -0.3 is 5.11 Å². The Labute approximate surface area is 131 Å². The van der Waals surface area contributed by atoms with E-state index in [-0.39, 0.29) is 17.9 Å². The summed E-state index contributed by atoms with van der Waals surface area (Å²) in [5.74, 6) is -1.26. The molecule has 0 saturated heterocycles. The fraction of sp³-hybridized carbons (Fsp3) is 0.467. The van der Waals surface area contributed by atoms with Gasteiger partial charge in [-0.15, -0.1) is 0 Å². The van der Waals surface area contributed by atoms with E-state index in [1.54, 1.807) is 26.0 Å². The molecule has 0 fully saturated rings. The second-order valence-corrected chi connectivity index (χ2v) is 7.45. The van der Waals surface area contributed by atoms with Gasteiger partial charge in [-0.05, 0) is 44.9 Å². The minimum Gasteiger partial charge on any atom is -0.480 e. The molecule has 0 spiro atoms. The van der Waals surface area contributed by atoms with Crippen LogP contribution >= 0.6 is 0 Å². The first-order chi connectivity index (χ1) is 10.0. The Morgan fingerprint density at radius 3 is 2.45 bits per heavy atom. The monoisotopic (exact) mass is 324 g/mol. The van der Waals surface area contributed by atoms with Crippen molar-refractivity contribution in [3.63, 3.8) is 0 Å². The third-order valence-electron chi connectivity index (χ3n) is 3.49. The topological polar surface area (TPSA) is 98.5 Å². The third kappa shape index (κ3) is 3.46. The zero-order valence-corrected chi connectivity index (χ0v) is 13.9. The number of carboxylic acid groups (broad SMARTS) is 1. The fourth-order valence-corrected chi connectivity index (χ4v) is 4.12. The van der Waals surface area contributed by atoms with Crippen molar-refractivity contribution >= 4 is 16.0 Å². The Morgan fingerprint density at radius 1 is 1.36 bits per heavy atom. The Morgan fingerprint density at radius 2 is 1.95 bits per heavy atom. The van der Waals surface area contributed by atoms with E-state index in [1.807, 2.05) is 6.07 Å². The van der Waals surface area contributed by atoms with Gasteiger partial charge in [0, 0.05) is 13.0 Å². The molecule has 0 unspecified atom stereocenters. The van der Waals surface area contributed by atoms with Gasteiger partial charge in [-0.1, -0.05) is 12.1 Å². The molecule has 0 bridgehead atoms. The average molecular weight is 324 g/mol. The summed E-state index contributed by atoms with van der Waals surface area (Å²) in [6, 6.07) is 6.84. The lowest BCUT2D eigenvalue weighted by molar-refractivity contribution is -0.146. The standard InChI is InChI=1S/C15H20N2O4S/c1-11-6-7-12(2)13(10-11)22(20,21)17(9-5-8-16)15(3,4)14(18)19/h6-7,10H,5,9H2,1-4H3,(H,18,19). The van der Waals surface area contributed by atoms with Crippen LogP contribution in [0.1, 0.15) is 31.4 Å². The molecule has 7 heteroatoms. The van der Waals surface area contributed by atoms with Gasteiger partial charge in [0.1, 0.15) is 5.54 Å². The highest BCUT2D eigenvalue weighted by molar-refractivity contribution is 7.89. The number of sulfonamides is 1. The van der Waals surface area contributed by atoms with E-state index in [0.717, 1.165) is 9.87 Å². The normalized spacial score (nSPS) is 12.2. The van der Waals surface area contributed by atoms with Gasteiger partial charge in [-0.25, -0.2) is 8.42 Å². The lowest BCUT2D eigenvalue weighted by Crippen LogP contribution is -2.53. The Hall–Kier alpha value is -1.91. The number of benzene rings is 1. The van der Waals surface area contributed by atoms with E-state index >= 15 is 0 Å². The maximum absolute atomic E-state index is 12.9. The molecule has 0 aromatic heterocycles. The smallest absolute Gasteiger partial charge is 0.324 e. The largest absolute Gasteiger partial charge is 0.480 e. The zero-order chi connectivity index (χ0) is 17.1. The lowest BCUT2D eigenvalue weighted by Gasteiger charge is -2.33. The van der Waals surface area contributed by atoms with Crippen molar-refractivity contribution in [3.8, 4) is 6.07 Å². The van der Waals surface area contributed by atoms with Crippen molar-refractivity contribution < 1.29 is 18.3 Å². The van der Waals surface area contributed by atoms with E-state index in [9.17, 15) is 18.3 Å². The number of carbonyl (C=O) groups is 1. The second kappa shape index (κ2) is 6.46. The molecule has 6 nitrogen and oxygen atoms in total. The first kappa shape index (κ1) is 18.1. The summed E-state index contributed by atoms with van der Waals surface area (Å²) in [5, 5.41) is 18.1. The highest BCUT2D eigenvalue weighted by Crippen LogP contribution is 2.28. The van der Waals surface area contributed by atoms with Crippen LogP contribution in [0.25, 0.3) is 0 Å². The van der Waals surface area contributed by atoms with Crippen LogP contribution in [0.5, 0.6) is 0 Å². The highest BCUT2D eigenvalue weighted by atomic mass is 32.2. The highest BCUT2D eigenvalue weighted by Gasteiger charge is 2.43. The molecular formula is C15H20N2O4S. The van der Waals surface area contributed by atoms with Crippen molar-refractivity contribution in [2.45, 2.75) is 44.6 Å². The van der Waals surface area contributed by atoms with E-state index in [4.69, 9.17) is 5.26 Å². The number of aliphatic carboxylic acids is 1. The molecule has 0 atom stereocenters. The summed E-state index contributed by atoms with van der Waals surface area (Å²) in [6.07, 6.45) is -0.0825. The second-order valence-electron chi connectivity index (χ2n) is 5.62. The minimum absolute atomic E-state index is 0.0692. The number of hydrogen-bond donors (Lipinski definition) is 1. The SMILES string of the molecule is Cc1ccc(C)c(S(=O)(=O)N(CCC#N)C(C)(C)C(=O)O)c1. The summed E-state index contributed by atoms with van der Waals surface area (Å²) < 4.78 is 26.7. The van der Waals surface area contributed by atoms with Crippen LogP contribution < -0.4 is 0 Å².